The second kappa shape index (κ2) is 5.38. The highest BCUT2D eigenvalue weighted by molar-refractivity contribution is 5.89. The van der Waals surface area contributed by atoms with E-state index >= 15 is 0 Å². The molecule has 0 heterocycles. The number of carbonyl (C=O) groups excluding carboxylic acids is 2. The Morgan fingerprint density at radius 1 is 1.10 bits per heavy atom. The lowest BCUT2D eigenvalue weighted by Crippen LogP contribution is -2.57. The fourth-order valence-corrected chi connectivity index (χ4v) is 4.63. The Bertz CT molecular complexity index is 401. The van der Waals surface area contributed by atoms with Crippen LogP contribution in [-0.4, -0.2) is 24.5 Å². The lowest BCUT2D eigenvalue weighted by molar-refractivity contribution is -0.153. The molecule has 0 radical (unpaired) electrons. The normalized spacial score (nSPS) is 34.8. The van der Waals surface area contributed by atoms with Gasteiger partial charge >= 0.3 is 5.97 Å². The molecule has 3 atom stereocenters. The number of carbonyl (C=O) groups is 2. The third-order valence-electron chi connectivity index (χ3n) is 5.72. The predicted molar refractivity (Wildman–Crippen MR) is 74.9 cm³/mol. The first-order valence-electron chi connectivity index (χ1n) is 8.05. The van der Waals surface area contributed by atoms with E-state index in [4.69, 9.17) is 4.74 Å². The van der Waals surface area contributed by atoms with Crippen LogP contribution in [0.2, 0.25) is 0 Å². The van der Waals surface area contributed by atoms with Crippen LogP contribution in [0, 0.1) is 17.8 Å². The first-order valence-corrected chi connectivity index (χ1v) is 8.05. The molecule has 0 saturated heterocycles. The molecule has 20 heavy (non-hydrogen) atoms. The maximum absolute atomic E-state index is 12.6. The summed E-state index contributed by atoms with van der Waals surface area (Å²) in [6, 6.07) is 0. The fourth-order valence-electron chi connectivity index (χ4n) is 4.63. The van der Waals surface area contributed by atoms with Crippen molar-refractivity contribution < 1.29 is 14.3 Å². The highest BCUT2D eigenvalue weighted by atomic mass is 16.5. The van der Waals surface area contributed by atoms with E-state index in [1.165, 1.54) is 26.4 Å². The van der Waals surface area contributed by atoms with E-state index < -0.39 is 5.54 Å². The van der Waals surface area contributed by atoms with Crippen molar-refractivity contribution in [1.29, 1.82) is 0 Å². The van der Waals surface area contributed by atoms with Gasteiger partial charge in [0, 0.05) is 5.92 Å². The first-order chi connectivity index (χ1) is 9.64. The van der Waals surface area contributed by atoms with Gasteiger partial charge in [-0.3, -0.25) is 4.79 Å². The van der Waals surface area contributed by atoms with E-state index in [2.05, 4.69) is 5.32 Å². The predicted octanol–water partition coefficient (Wildman–Crippen LogP) is 2.41. The zero-order valence-corrected chi connectivity index (χ0v) is 12.3. The number of fused-ring (bicyclic) bond motifs is 2. The number of nitrogens with one attached hydrogen (secondary N) is 1. The fraction of sp³-hybridized carbons (Fsp3) is 0.875. The van der Waals surface area contributed by atoms with Crippen molar-refractivity contribution in [2.24, 2.45) is 17.8 Å². The third-order valence-corrected chi connectivity index (χ3v) is 5.72. The molecule has 3 rings (SSSR count). The lowest BCUT2D eigenvalue weighted by Gasteiger charge is -2.36. The van der Waals surface area contributed by atoms with Gasteiger partial charge < -0.3 is 10.1 Å². The van der Waals surface area contributed by atoms with E-state index in [-0.39, 0.29) is 17.8 Å². The first kappa shape index (κ1) is 13.9. The number of methoxy groups -OCH3 is 1. The average molecular weight is 279 g/mol. The molecular weight excluding hydrogens is 254 g/mol. The monoisotopic (exact) mass is 279 g/mol. The van der Waals surface area contributed by atoms with E-state index in [0.717, 1.165) is 44.4 Å². The highest BCUT2D eigenvalue weighted by Crippen LogP contribution is 2.48. The third kappa shape index (κ3) is 2.33. The van der Waals surface area contributed by atoms with Crippen LogP contribution in [0.15, 0.2) is 0 Å². The molecule has 4 nitrogen and oxygen atoms in total. The minimum atomic E-state index is -0.744. The molecule has 1 N–H and O–H groups in total. The molecule has 0 aliphatic heterocycles. The van der Waals surface area contributed by atoms with Gasteiger partial charge in [0.1, 0.15) is 5.54 Å². The molecule has 0 aromatic rings. The number of rotatable bonds is 3. The number of amides is 1. The Hall–Kier alpha value is -1.06. The summed E-state index contributed by atoms with van der Waals surface area (Å²) < 4.78 is 4.96. The van der Waals surface area contributed by atoms with Crippen LogP contribution in [0.25, 0.3) is 0 Å². The van der Waals surface area contributed by atoms with E-state index in [1.807, 2.05) is 0 Å². The number of hydrogen-bond donors (Lipinski definition) is 1. The summed E-state index contributed by atoms with van der Waals surface area (Å²) >= 11 is 0. The Labute approximate surface area is 120 Å². The molecule has 3 unspecified atom stereocenters. The van der Waals surface area contributed by atoms with E-state index in [9.17, 15) is 9.59 Å². The summed E-state index contributed by atoms with van der Waals surface area (Å²) in [5.74, 6) is 1.28. The van der Waals surface area contributed by atoms with Crippen LogP contribution in [0.5, 0.6) is 0 Å². The van der Waals surface area contributed by atoms with Gasteiger partial charge in [0.25, 0.3) is 0 Å². The van der Waals surface area contributed by atoms with Gasteiger partial charge in [-0.25, -0.2) is 4.79 Å². The van der Waals surface area contributed by atoms with Crippen molar-refractivity contribution in [1.82, 2.24) is 5.32 Å². The standard InChI is InChI=1S/C16H25NO3/c1-20-15(19)16(7-3-2-4-8-16)17-14(18)13-10-11-5-6-12(13)9-11/h11-13H,2-10H2,1H3,(H,17,18). The molecule has 1 amide bonds. The quantitative estimate of drug-likeness (QED) is 0.807. The maximum atomic E-state index is 12.6. The molecule has 3 aliphatic rings. The van der Waals surface area contributed by atoms with Gasteiger partial charge in [-0.15, -0.1) is 0 Å². The molecule has 112 valence electrons. The van der Waals surface area contributed by atoms with Gasteiger partial charge in [0.2, 0.25) is 5.91 Å². The summed E-state index contributed by atoms with van der Waals surface area (Å²) in [6.45, 7) is 0. The van der Waals surface area contributed by atoms with Crippen molar-refractivity contribution in [2.75, 3.05) is 7.11 Å². The van der Waals surface area contributed by atoms with Gasteiger partial charge in [-0.2, -0.15) is 0 Å². The van der Waals surface area contributed by atoms with Crippen LogP contribution >= 0.6 is 0 Å². The van der Waals surface area contributed by atoms with Crippen LogP contribution in [0.4, 0.5) is 0 Å². The minimum absolute atomic E-state index is 0.101. The Balaban J connectivity index is 1.69. The van der Waals surface area contributed by atoms with Gasteiger partial charge in [-0.1, -0.05) is 25.7 Å². The number of esters is 1. The number of hydrogen-bond acceptors (Lipinski definition) is 3. The molecule has 0 aromatic heterocycles. The molecule has 4 heteroatoms. The molecule has 3 fully saturated rings. The van der Waals surface area contributed by atoms with Crippen LogP contribution in [0.1, 0.15) is 57.8 Å². The van der Waals surface area contributed by atoms with Crippen LogP contribution < -0.4 is 5.32 Å². The SMILES string of the molecule is COC(=O)C1(NC(=O)C2CC3CCC2C3)CCCCC1. The Kier molecular flexibility index (Phi) is 3.74. The van der Waals surface area contributed by atoms with Gasteiger partial charge in [-0.05, 0) is 43.9 Å². The largest absolute Gasteiger partial charge is 0.467 e. The summed E-state index contributed by atoms with van der Waals surface area (Å²) in [4.78, 5) is 24.8. The van der Waals surface area contributed by atoms with E-state index in [1.54, 1.807) is 0 Å². The molecular formula is C16H25NO3. The second-order valence-electron chi connectivity index (χ2n) is 6.90. The molecule has 0 spiro atoms. The molecule has 2 bridgehead atoms. The van der Waals surface area contributed by atoms with Crippen molar-refractivity contribution in [3.05, 3.63) is 0 Å². The Morgan fingerprint density at radius 2 is 1.85 bits per heavy atom. The highest BCUT2D eigenvalue weighted by Gasteiger charge is 2.47. The van der Waals surface area contributed by atoms with Gasteiger partial charge in [0.15, 0.2) is 0 Å². The zero-order chi connectivity index (χ0) is 14.2. The Morgan fingerprint density at radius 3 is 2.40 bits per heavy atom. The lowest BCUT2D eigenvalue weighted by atomic mass is 9.80. The van der Waals surface area contributed by atoms with E-state index in [0.29, 0.717) is 5.92 Å². The second-order valence-corrected chi connectivity index (χ2v) is 6.90. The van der Waals surface area contributed by atoms with Crippen LogP contribution in [0.3, 0.4) is 0 Å². The average Bonchev–Trinajstić information content (AvgIpc) is 3.10. The van der Waals surface area contributed by atoms with Crippen molar-refractivity contribution >= 4 is 11.9 Å². The van der Waals surface area contributed by atoms with Crippen molar-refractivity contribution in [2.45, 2.75) is 63.3 Å². The molecule has 3 saturated carbocycles. The molecule has 3 aliphatic carbocycles. The summed E-state index contributed by atoms with van der Waals surface area (Å²) in [6.07, 6.45) is 9.29. The summed E-state index contributed by atoms with van der Waals surface area (Å²) in [7, 11) is 1.42. The van der Waals surface area contributed by atoms with Gasteiger partial charge in [0.05, 0.1) is 7.11 Å². The topological polar surface area (TPSA) is 55.4 Å². The summed E-state index contributed by atoms with van der Waals surface area (Å²) in [5.41, 5.74) is -0.744. The van der Waals surface area contributed by atoms with Crippen LogP contribution in [-0.2, 0) is 14.3 Å². The summed E-state index contributed by atoms with van der Waals surface area (Å²) in [5, 5.41) is 3.10. The van der Waals surface area contributed by atoms with Crippen molar-refractivity contribution in [3.63, 3.8) is 0 Å². The zero-order valence-electron chi connectivity index (χ0n) is 12.3. The van der Waals surface area contributed by atoms with Crippen molar-refractivity contribution in [3.8, 4) is 0 Å². The smallest absolute Gasteiger partial charge is 0.331 e. The minimum Gasteiger partial charge on any atom is -0.467 e. The molecule has 0 aromatic carbocycles. The number of ether oxygens (including phenoxy) is 1. The maximum Gasteiger partial charge on any atom is 0.331 e.